The summed E-state index contributed by atoms with van der Waals surface area (Å²) in [7, 11) is 1.89. The highest BCUT2D eigenvalue weighted by Crippen LogP contribution is 2.49. The lowest BCUT2D eigenvalue weighted by atomic mass is 9.65. The summed E-state index contributed by atoms with van der Waals surface area (Å²) in [4.78, 5) is 23.4. The van der Waals surface area contributed by atoms with Gasteiger partial charge in [-0.15, -0.1) is 0 Å². The molecule has 1 aromatic heterocycles. The number of nitrogens with zero attached hydrogens (tertiary/aromatic N) is 3. The third-order valence-corrected chi connectivity index (χ3v) is 12.3. The monoisotopic (exact) mass is 647 g/mol. The van der Waals surface area contributed by atoms with E-state index < -0.39 is 5.97 Å². The van der Waals surface area contributed by atoms with Crippen LogP contribution < -0.4 is 9.64 Å². The maximum Gasteiger partial charge on any atom is 0.335 e. The van der Waals surface area contributed by atoms with Crippen molar-refractivity contribution in [2.24, 2.45) is 17.8 Å². The van der Waals surface area contributed by atoms with Crippen LogP contribution in [0, 0.1) is 17.8 Å². The molecule has 0 unspecified atom stereocenters. The molecule has 0 saturated heterocycles. The first-order valence-corrected chi connectivity index (χ1v) is 17.7. The maximum absolute atomic E-state index is 12.1. The highest BCUT2D eigenvalue weighted by Gasteiger charge is 2.46. The van der Waals surface area contributed by atoms with Gasteiger partial charge >= 0.3 is 5.97 Å². The number of aryl methyl sites for hydroxylation is 1. The number of rotatable bonds is 8. The number of methoxy groups -OCH3 is 1. The second kappa shape index (κ2) is 13.1. The second-order valence-corrected chi connectivity index (χ2v) is 15.2. The Labute approximate surface area is 275 Å². The molecule has 3 aliphatic carbocycles. The molecule has 2 fully saturated rings. The average Bonchev–Trinajstić information content (AvgIpc) is 3.19. The fourth-order valence-electron chi connectivity index (χ4n) is 8.58. The first-order chi connectivity index (χ1) is 21.9. The Morgan fingerprint density at radius 1 is 1.16 bits per heavy atom. The summed E-state index contributed by atoms with van der Waals surface area (Å²) in [5.41, 5.74) is 3.63. The van der Waals surface area contributed by atoms with Gasteiger partial charge in [0.2, 0.25) is 0 Å². The Balaban J connectivity index is 1.14. The Hall–Kier alpha value is -2.81. The largest absolute Gasteiger partial charge is 0.490 e. The van der Waals surface area contributed by atoms with Crippen molar-refractivity contribution in [1.82, 2.24) is 9.97 Å². The number of hydrogen-bond acceptors (Lipinski definition) is 7. The first kappa shape index (κ1) is 30.8. The number of anilines is 1. The van der Waals surface area contributed by atoms with Crippen molar-refractivity contribution >= 4 is 35.0 Å². The lowest BCUT2D eigenvalue weighted by Crippen LogP contribution is -2.51. The van der Waals surface area contributed by atoms with Gasteiger partial charge in [-0.25, -0.2) is 14.8 Å². The summed E-state index contributed by atoms with van der Waals surface area (Å²) in [5, 5.41) is 12.0. The molecule has 9 heteroatoms. The van der Waals surface area contributed by atoms with Gasteiger partial charge in [-0.1, -0.05) is 35.9 Å². The van der Waals surface area contributed by atoms with E-state index in [1.165, 1.54) is 30.4 Å². The second-order valence-electron chi connectivity index (χ2n) is 13.5. The first-order valence-electron chi connectivity index (χ1n) is 16.4. The fourth-order valence-corrected chi connectivity index (χ4v) is 9.95. The smallest absolute Gasteiger partial charge is 0.335 e. The number of carboxylic acids is 1. The predicted octanol–water partition coefficient (Wildman–Crippen LogP) is 7.69. The van der Waals surface area contributed by atoms with Crippen LogP contribution in [0.4, 0.5) is 5.69 Å². The molecule has 0 radical (unpaired) electrons. The van der Waals surface area contributed by atoms with Crippen molar-refractivity contribution in [2.45, 2.75) is 79.7 Å². The van der Waals surface area contributed by atoms with Crippen LogP contribution in [0.15, 0.2) is 60.0 Å². The SMILES string of the molecule is CO[C@@H]([C@H]1CCC[C@H](Sc2ncccn2)C1)[C@@H]1CC[C@H]1CN1C[C@@]2(CCCc3cc(Cl)ccc32)COc2ccc(C(=O)O)cc21. The van der Waals surface area contributed by atoms with E-state index in [-0.39, 0.29) is 11.5 Å². The summed E-state index contributed by atoms with van der Waals surface area (Å²) in [6.45, 7) is 2.22. The summed E-state index contributed by atoms with van der Waals surface area (Å²) < 4.78 is 12.9. The van der Waals surface area contributed by atoms with E-state index in [1.54, 1.807) is 6.07 Å². The van der Waals surface area contributed by atoms with Gasteiger partial charge < -0.3 is 19.5 Å². The Morgan fingerprint density at radius 3 is 2.80 bits per heavy atom. The van der Waals surface area contributed by atoms with Crippen molar-refractivity contribution in [3.63, 3.8) is 0 Å². The van der Waals surface area contributed by atoms with Gasteiger partial charge in [0.15, 0.2) is 5.16 Å². The van der Waals surface area contributed by atoms with E-state index in [0.717, 1.165) is 73.2 Å². The molecule has 1 aliphatic heterocycles. The van der Waals surface area contributed by atoms with Crippen LogP contribution in [0.5, 0.6) is 5.75 Å². The minimum Gasteiger partial charge on any atom is -0.490 e. The van der Waals surface area contributed by atoms with Crippen molar-refractivity contribution in [3.05, 3.63) is 76.6 Å². The maximum atomic E-state index is 12.1. The number of aromatic nitrogens is 2. The Morgan fingerprint density at radius 2 is 2.02 bits per heavy atom. The Bertz CT molecular complexity index is 1530. The number of ether oxygens (including phenoxy) is 2. The molecule has 7 rings (SSSR count). The molecule has 2 saturated carbocycles. The number of carbonyl (C=O) groups is 1. The lowest BCUT2D eigenvalue weighted by Gasteiger charge is -2.48. The summed E-state index contributed by atoms with van der Waals surface area (Å²) >= 11 is 8.25. The minimum absolute atomic E-state index is 0.187. The number of aromatic carboxylic acids is 1. The molecule has 7 nitrogen and oxygen atoms in total. The Kier molecular flexibility index (Phi) is 8.99. The highest BCUT2D eigenvalue weighted by atomic mass is 35.5. The lowest BCUT2D eigenvalue weighted by molar-refractivity contribution is -0.0587. The van der Waals surface area contributed by atoms with E-state index in [4.69, 9.17) is 21.1 Å². The van der Waals surface area contributed by atoms with Gasteiger partial charge in [-0.3, -0.25) is 0 Å². The van der Waals surface area contributed by atoms with Crippen LogP contribution in [0.1, 0.15) is 72.9 Å². The van der Waals surface area contributed by atoms with Gasteiger partial charge in [0, 0.05) is 48.3 Å². The fraction of sp³-hybridized carbons (Fsp3) is 0.528. The molecule has 6 atom stereocenters. The van der Waals surface area contributed by atoms with Crippen LogP contribution in [0.3, 0.4) is 0 Å². The third kappa shape index (κ3) is 6.30. The summed E-state index contributed by atoms with van der Waals surface area (Å²) in [5.74, 6) is 1.30. The zero-order valence-corrected chi connectivity index (χ0v) is 27.4. The van der Waals surface area contributed by atoms with Crippen LogP contribution in [0.2, 0.25) is 5.02 Å². The topological polar surface area (TPSA) is 84.8 Å². The van der Waals surface area contributed by atoms with E-state index >= 15 is 0 Å². The number of carboxylic acid groups (broad SMARTS) is 1. The number of thioether (sulfide) groups is 1. The zero-order chi connectivity index (χ0) is 31.0. The number of benzene rings is 2. The van der Waals surface area contributed by atoms with Crippen molar-refractivity contribution in [3.8, 4) is 5.75 Å². The highest BCUT2D eigenvalue weighted by molar-refractivity contribution is 7.99. The van der Waals surface area contributed by atoms with Gasteiger partial charge in [0.05, 0.1) is 24.0 Å². The minimum atomic E-state index is -0.916. The quantitative estimate of drug-likeness (QED) is 0.249. The molecule has 0 bridgehead atoms. The predicted molar refractivity (Wildman–Crippen MR) is 178 cm³/mol. The van der Waals surface area contributed by atoms with Gasteiger partial charge in [0.25, 0.3) is 0 Å². The van der Waals surface area contributed by atoms with E-state index in [2.05, 4.69) is 27.0 Å². The molecule has 238 valence electrons. The van der Waals surface area contributed by atoms with Crippen LogP contribution in [0.25, 0.3) is 0 Å². The summed E-state index contributed by atoms with van der Waals surface area (Å²) in [6.07, 6.45) is 14.0. The van der Waals surface area contributed by atoms with Crippen molar-refractivity contribution < 1.29 is 19.4 Å². The van der Waals surface area contributed by atoms with E-state index in [1.807, 2.05) is 55.5 Å². The zero-order valence-electron chi connectivity index (χ0n) is 25.9. The molecule has 4 aliphatic rings. The molecular formula is C36H42ClN3O4S. The van der Waals surface area contributed by atoms with Crippen molar-refractivity contribution in [2.75, 3.05) is 31.7 Å². The average molecular weight is 648 g/mol. The molecule has 3 aromatic rings. The van der Waals surface area contributed by atoms with Crippen LogP contribution in [-0.4, -0.2) is 59.2 Å². The normalized spacial score (nSPS) is 28.3. The number of halogens is 1. The molecule has 0 amide bonds. The standard InChI is InChI=1S/C36H42ClN3O4S/c1-43-33(24-5-2-7-28(18-24)45-35-38-15-4-16-39-35)29-11-8-26(29)20-40-21-36(14-3-6-23-17-27(37)10-12-30(23)36)22-44-32-13-9-25(34(41)42)19-31(32)40/h4,9-10,12-13,15-17,19,24,26,28-29,33H,2-3,5-8,11,14,18,20-22H2,1H3,(H,41,42)/t24-,26-,28-,29+,33-,36-/m0/s1. The van der Waals surface area contributed by atoms with E-state index in [9.17, 15) is 9.90 Å². The summed E-state index contributed by atoms with van der Waals surface area (Å²) in [6, 6.07) is 13.5. The van der Waals surface area contributed by atoms with E-state index in [0.29, 0.717) is 35.2 Å². The molecule has 2 heterocycles. The van der Waals surface area contributed by atoms with Crippen LogP contribution in [-0.2, 0) is 16.6 Å². The molecular weight excluding hydrogens is 606 g/mol. The van der Waals surface area contributed by atoms with Gasteiger partial charge in [0.1, 0.15) is 5.75 Å². The van der Waals surface area contributed by atoms with Gasteiger partial charge in [-0.05, 0) is 117 Å². The number of fused-ring (bicyclic) bond motifs is 3. The van der Waals surface area contributed by atoms with Crippen molar-refractivity contribution in [1.29, 1.82) is 0 Å². The molecule has 2 aromatic carbocycles. The van der Waals surface area contributed by atoms with Crippen LogP contribution >= 0.6 is 23.4 Å². The molecule has 45 heavy (non-hydrogen) atoms. The molecule has 1 N–H and O–H groups in total. The number of hydrogen-bond donors (Lipinski definition) is 1. The van der Waals surface area contributed by atoms with Gasteiger partial charge in [-0.2, -0.15) is 0 Å². The molecule has 1 spiro atoms. The third-order valence-electron chi connectivity index (χ3n) is 10.9.